The number of fused-ring (bicyclic) bond motifs is 1. The quantitative estimate of drug-likeness (QED) is 0.847. The minimum atomic E-state index is -1.24. The molecule has 7 nitrogen and oxygen atoms in total. The van der Waals surface area contributed by atoms with Gasteiger partial charge in [0.15, 0.2) is 17.1 Å². The van der Waals surface area contributed by atoms with Gasteiger partial charge in [0.2, 0.25) is 0 Å². The molecule has 0 saturated heterocycles. The van der Waals surface area contributed by atoms with Crippen molar-refractivity contribution in [2.75, 3.05) is 12.0 Å². The zero-order valence-electron chi connectivity index (χ0n) is 12.7. The van der Waals surface area contributed by atoms with Crippen molar-refractivity contribution in [3.8, 4) is 11.5 Å². The predicted molar refractivity (Wildman–Crippen MR) is 77.7 cm³/mol. The molecule has 1 aromatic carbocycles. The Bertz CT molecular complexity index is 652. The third-order valence-corrected chi connectivity index (χ3v) is 3.51. The molecule has 118 valence electrons. The van der Waals surface area contributed by atoms with Crippen LogP contribution in [-0.2, 0) is 9.59 Å². The number of benzene rings is 1. The number of hydrogen-bond donors (Lipinski definition) is 1. The van der Waals surface area contributed by atoms with Crippen LogP contribution in [0.3, 0.4) is 0 Å². The van der Waals surface area contributed by atoms with Crippen molar-refractivity contribution < 1.29 is 29.0 Å². The highest BCUT2D eigenvalue weighted by atomic mass is 16.5. The first kappa shape index (κ1) is 15.8. The molecule has 22 heavy (non-hydrogen) atoms. The lowest BCUT2D eigenvalue weighted by Gasteiger charge is -2.40. The summed E-state index contributed by atoms with van der Waals surface area (Å²) in [6.07, 6.45) is 0.594. The van der Waals surface area contributed by atoms with Gasteiger partial charge in [0.25, 0.3) is 5.91 Å². The highest BCUT2D eigenvalue weighted by Crippen LogP contribution is 2.45. The van der Waals surface area contributed by atoms with E-state index in [-0.39, 0.29) is 22.7 Å². The molecule has 1 heterocycles. The monoisotopic (exact) mass is 307 g/mol. The van der Waals surface area contributed by atoms with Crippen LogP contribution in [0.2, 0.25) is 0 Å². The van der Waals surface area contributed by atoms with Gasteiger partial charge < -0.3 is 14.6 Å². The average Bonchev–Trinajstić information content (AvgIpc) is 2.46. The van der Waals surface area contributed by atoms with Crippen molar-refractivity contribution in [3.63, 3.8) is 0 Å². The Kier molecular flexibility index (Phi) is 3.83. The molecule has 0 aliphatic carbocycles. The smallest absolute Gasteiger partial charge is 0.326 e. The van der Waals surface area contributed by atoms with Crippen molar-refractivity contribution in [3.05, 3.63) is 17.7 Å². The lowest BCUT2D eigenvalue weighted by molar-refractivity contribution is -0.142. The third kappa shape index (κ3) is 2.38. The molecule has 1 N–H and O–H groups in total. The highest BCUT2D eigenvalue weighted by Gasteiger charge is 2.45. The molecule has 1 amide bonds. The molecule has 1 atom stereocenters. The first-order valence-electron chi connectivity index (χ1n) is 6.65. The van der Waals surface area contributed by atoms with Crippen LogP contribution in [-0.4, -0.2) is 42.0 Å². The summed E-state index contributed by atoms with van der Waals surface area (Å²) in [5.41, 5.74) is -0.776. The minimum absolute atomic E-state index is 0.209. The number of carbonyl (C=O) groups excluding carboxylic acids is 2. The molecule has 0 saturated carbocycles. The predicted octanol–water partition coefficient (Wildman–Crippen LogP) is 1.48. The van der Waals surface area contributed by atoms with Crippen LogP contribution in [0.4, 0.5) is 5.69 Å². The summed E-state index contributed by atoms with van der Waals surface area (Å²) in [7, 11) is 1.40. The number of amides is 1. The van der Waals surface area contributed by atoms with Crippen molar-refractivity contribution in [2.24, 2.45) is 0 Å². The van der Waals surface area contributed by atoms with Crippen molar-refractivity contribution in [2.45, 2.75) is 32.4 Å². The summed E-state index contributed by atoms with van der Waals surface area (Å²) >= 11 is 0. The summed E-state index contributed by atoms with van der Waals surface area (Å²) in [5.74, 6) is -1.15. The maximum Gasteiger partial charge on any atom is 0.326 e. The molecular formula is C15H17NO6. The van der Waals surface area contributed by atoms with Crippen LogP contribution in [0, 0.1) is 0 Å². The van der Waals surface area contributed by atoms with E-state index in [0.717, 1.165) is 4.90 Å². The molecule has 1 aliphatic heterocycles. The van der Waals surface area contributed by atoms with E-state index in [1.54, 1.807) is 13.8 Å². The van der Waals surface area contributed by atoms with E-state index in [1.807, 2.05) is 0 Å². The summed E-state index contributed by atoms with van der Waals surface area (Å²) in [5, 5.41) is 9.27. The summed E-state index contributed by atoms with van der Waals surface area (Å²) < 4.78 is 10.9. The zero-order valence-corrected chi connectivity index (χ0v) is 12.7. The van der Waals surface area contributed by atoms with Gasteiger partial charge in [-0.05, 0) is 32.9 Å². The van der Waals surface area contributed by atoms with E-state index < -0.39 is 23.5 Å². The number of hydrogen-bond acceptors (Lipinski definition) is 5. The molecule has 0 radical (unpaired) electrons. The highest BCUT2D eigenvalue weighted by molar-refractivity contribution is 6.07. The van der Waals surface area contributed by atoms with Gasteiger partial charge in [-0.15, -0.1) is 0 Å². The van der Waals surface area contributed by atoms with Crippen molar-refractivity contribution >= 4 is 23.9 Å². The van der Waals surface area contributed by atoms with E-state index in [4.69, 9.17) is 9.47 Å². The average molecular weight is 307 g/mol. The Morgan fingerprint density at radius 2 is 2.09 bits per heavy atom. The number of rotatable bonds is 4. The van der Waals surface area contributed by atoms with E-state index in [2.05, 4.69) is 0 Å². The second kappa shape index (κ2) is 5.32. The number of methoxy groups -OCH3 is 1. The maximum atomic E-state index is 12.6. The second-order valence-corrected chi connectivity index (χ2v) is 5.49. The Balaban J connectivity index is 2.73. The fourth-order valence-corrected chi connectivity index (χ4v) is 2.30. The Hall–Kier alpha value is -2.57. The summed E-state index contributed by atoms with van der Waals surface area (Å²) in [6.45, 7) is 4.49. The lowest BCUT2D eigenvalue weighted by atomic mass is 10.0. The van der Waals surface area contributed by atoms with E-state index in [9.17, 15) is 19.5 Å². The molecule has 0 spiro atoms. The van der Waals surface area contributed by atoms with Crippen molar-refractivity contribution in [1.82, 2.24) is 0 Å². The molecule has 1 aromatic rings. The summed E-state index contributed by atoms with van der Waals surface area (Å²) in [4.78, 5) is 36.1. The van der Waals surface area contributed by atoms with E-state index in [1.165, 1.54) is 26.2 Å². The van der Waals surface area contributed by atoms with Crippen LogP contribution < -0.4 is 14.4 Å². The van der Waals surface area contributed by atoms with E-state index >= 15 is 0 Å². The number of carboxylic acid groups (broad SMARTS) is 1. The van der Waals surface area contributed by atoms with Crippen LogP contribution in [0.15, 0.2) is 12.1 Å². The third-order valence-electron chi connectivity index (χ3n) is 3.51. The molecular weight excluding hydrogens is 290 g/mol. The van der Waals surface area contributed by atoms with Crippen LogP contribution in [0.25, 0.3) is 0 Å². The SMILES string of the molecule is COc1cc(C=O)cc2c1OC(C)(C)C(=O)N2C(C)C(=O)O. The molecule has 7 heteroatoms. The number of aliphatic carboxylic acids is 1. The van der Waals surface area contributed by atoms with Gasteiger partial charge >= 0.3 is 5.97 Å². The van der Waals surface area contributed by atoms with Crippen LogP contribution in [0.5, 0.6) is 11.5 Å². The molecule has 1 unspecified atom stereocenters. The van der Waals surface area contributed by atoms with Crippen molar-refractivity contribution in [1.29, 1.82) is 0 Å². The number of anilines is 1. The van der Waals surface area contributed by atoms with Gasteiger partial charge in [-0.1, -0.05) is 0 Å². The molecule has 0 bridgehead atoms. The fourth-order valence-electron chi connectivity index (χ4n) is 2.30. The van der Waals surface area contributed by atoms with Gasteiger partial charge in [-0.2, -0.15) is 0 Å². The van der Waals surface area contributed by atoms with Gasteiger partial charge in [0.1, 0.15) is 12.3 Å². The van der Waals surface area contributed by atoms with Crippen LogP contribution >= 0.6 is 0 Å². The van der Waals surface area contributed by atoms with Gasteiger partial charge in [0.05, 0.1) is 12.8 Å². The van der Waals surface area contributed by atoms with E-state index in [0.29, 0.717) is 6.29 Å². The Morgan fingerprint density at radius 3 is 2.59 bits per heavy atom. The van der Waals surface area contributed by atoms with Gasteiger partial charge in [-0.25, -0.2) is 4.79 Å². The standard InChI is InChI=1S/C15H17NO6/c1-8(13(18)19)16-10-5-9(7-17)6-11(21-4)12(10)22-15(2,3)14(16)20/h5-8H,1-4H3,(H,18,19). The molecule has 0 aromatic heterocycles. The number of aldehydes is 1. The fraction of sp³-hybridized carbons (Fsp3) is 0.400. The van der Waals surface area contributed by atoms with Gasteiger partial charge in [0, 0.05) is 5.56 Å². The van der Waals surface area contributed by atoms with Crippen LogP contribution in [0.1, 0.15) is 31.1 Å². The first-order valence-corrected chi connectivity index (χ1v) is 6.65. The normalized spacial score (nSPS) is 17.3. The Morgan fingerprint density at radius 1 is 1.45 bits per heavy atom. The first-order chi connectivity index (χ1) is 10.2. The summed E-state index contributed by atoms with van der Waals surface area (Å²) in [6, 6.07) is 1.78. The molecule has 0 fully saturated rings. The lowest BCUT2D eigenvalue weighted by Crippen LogP contribution is -2.57. The number of carbonyl (C=O) groups is 3. The number of ether oxygens (including phenoxy) is 2. The van der Waals surface area contributed by atoms with Gasteiger partial charge in [-0.3, -0.25) is 14.5 Å². The topological polar surface area (TPSA) is 93.1 Å². The molecule has 2 rings (SSSR count). The largest absolute Gasteiger partial charge is 0.493 e. The Labute approximate surface area is 127 Å². The molecule has 1 aliphatic rings. The second-order valence-electron chi connectivity index (χ2n) is 5.49. The number of nitrogens with zero attached hydrogens (tertiary/aromatic N) is 1. The maximum absolute atomic E-state index is 12.6. The number of carboxylic acids is 1. The zero-order chi connectivity index (χ0) is 16.7. The minimum Gasteiger partial charge on any atom is -0.493 e.